The summed E-state index contributed by atoms with van der Waals surface area (Å²) in [5.41, 5.74) is 2.16. The van der Waals surface area contributed by atoms with Crippen molar-refractivity contribution in [3.8, 4) is 6.07 Å². The molecule has 0 aliphatic heterocycles. The van der Waals surface area contributed by atoms with Gasteiger partial charge in [-0.1, -0.05) is 48.0 Å². The van der Waals surface area contributed by atoms with Crippen LogP contribution in [0.3, 0.4) is 0 Å². The molecule has 0 fully saturated rings. The number of Topliss-reactive ketones (excluding diaryl/α,β-unsaturated/α-hetero) is 1. The molecule has 0 radical (unpaired) electrons. The van der Waals surface area contributed by atoms with Gasteiger partial charge in [0, 0.05) is 17.6 Å². The second-order valence-electron chi connectivity index (χ2n) is 6.56. The third-order valence-electron chi connectivity index (χ3n) is 4.22. The molecule has 0 heterocycles. The van der Waals surface area contributed by atoms with Crippen molar-refractivity contribution in [3.63, 3.8) is 0 Å². The molecule has 0 atom stereocenters. The van der Waals surface area contributed by atoms with Crippen molar-refractivity contribution in [1.29, 1.82) is 5.26 Å². The molecular weight excluding hydrogens is 412 g/mol. The molecule has 0 aliphatic carbocycles. The molecule has 0 bridgehead atoms. The van der Waals surface area contributed by atoms with E-state index in [0.717, 1.165) is 11.1 Å². The first-order valence-electron chi connectivity index (χ1n) is 9.66. The Morgan fingerprint density at radius 2 is 1.74 bits per heavy atom. The van der Waals surface area contributed by atoms with Gasteiger partial charge in [0.25, 0.3) is 0 Å². The predicted octanol–water partition coefficient (Wildman–Crippen LogP) is 5.06. The van der Waals surface area contributed by atoms with E-state index in [9.17, 15) is 14.9 Å². The molecule has 0 N–H and O–H groups in total. The first-order valence-corrected chi connectivity index (χ1v) is 10.0. The third kappa shape index (κ3) is 7.61. The smallest absolute Gasteiger partial charge is 0.348 e. The van der Waals surface area contributed by atoms with Crippen LogP contribution in [0.25, 0.3) is 5.57 Å². The van der Waals surface area contributed by atoms with Crippen LogP contribution in [0.15, 0.2) is 84.6 Å². The molecule has 0 aromatic heterocycles. The summed E-state index contributed by atoms with van der Waals surface area (Å²) in [4.78, 5) is 26.1. The number of hydrogen-bond donors (Lipinski definition) is 0. The van der Waals surface area contributed by atoms with E-state index in [0.29, 0.717) is 10.6 Å². The molecule has 0 saturated carbocycles. The number of rotatable bonds is 9. The zero-order chi connectivity index (χ0) is 22.6. The van der Waals surface area contributed by atoms with Crippen LogP contribution in [0.4, 0.5) is 0 Å². The maximum Gasteiger partial charge on any atom is 0.348 e. The standard InChI is InChI=1S/C25H23ClN2O3/c1-3-31-25(30)22(17-27)10-9-20(19-7-5-4-6-8-19)15-16-28(2)18-24(29)21-11-13-23(26)14-12-21/h4-16H,3,18H2,1-2H3/b16-15-,20-9-,22-10-. The number of likely N-dealkylation sites (N-methyl/N-ethyl adjacent to an activating group) is 1. The van der Waals surface area contributed by atoms with Crippen molar-refractivity contribution in [1.82, 2.24) is 4.90 Å². The number of ether oxygens (including phenoxy) is 1. The average molecular weight is 435 g/mol. The summed E-state index contributed by atoms with van der Waals surface area (Å²) in [6.45, 7) is 2.06. The Labute approximate surface area is 187 Å². The number of benzene rings is 2. The minimum absolute atomic E-state index is 0.0389. The summed E-state index contributed by atoms with van der Waals surface area (Å²) in [7, 11) is 1.79. The molecule has 2 aromatic rings. The van der Waals surface area contributed by atoms with Gasteiger partial charge in [-0.25, -0.2) is 4.79 Å². The van der Waals surface area contributed by atoms with Crippen LogP contribution >= 0.6 is 11.6 Å². The highest BCUT2D eigenvalue weighted by Gasteiger charge is 2.09. The topological polar surface area (TPSA) is 70.4 Å². The van der Waals surface area contributed by atoms with Crippen molar-refractivity contribution in [2.24, 2.45) is 0 Å². The monoisotopic (exact) mass is 434 g/mol. The van der Waals surface area contributed by atoms with Crippen molar-refractivity contribution >= 4 is 28.9 Å². The van der Waals surface area contributed by atoms with E-state index < -0.39 is 5.97 Å². The van der Waals surface area contributed by atoms with Gasteiger partial charge in [-0.05, 0) is 60.7 Å². The van der Waals surface area contributed by atoms with Crippen LogP contribution in [0.1, 0.15) is 22.8 Å². The lowest BCUT2D eigenvalue weighted by Crippen LogP contribution is -2.20. The predicted molar refractivity (Wildman–Crippen MR) is 122 cm³/mol. The fraction of sp³-hybridized carbons (Fsp3) is 0.160. The fourth-order valence-electron chi connectivity index (χ4n) is 2.63. The minimum atomic E-state index is -0.664. The van der Waals surface area contributed by atoms with Crippen molar-refractivity contribution in [2.75, 3.05) is 20.2 Å². The summed E-state index contributed by atoms with van der Waals surface area (Å²) in [5, 5.41) is 9.81. The van der Waals surface area contributed by atoms with Crippen LogP contribution < -0.4 is 0 Å². The quantitative estimate of drug-likeness (QED) is 0.181. The molecule has 0 amide bonds. The van der Waals surface area contributed by atoms with Crippen LogP contribution in [0, 0.1) is 11.3 Å². The normalized spacial score (nSPS) is 11.8. The van der Waals surface area contributed by atoms with Gasteiger partial charge in [0.15, 0.2) is 5.78 Å². The molecule has 31 heavy (non-hydrogen) atoms. The lowest BCUT2D eigenvalue weighted by atomic mass is 10.0. The van der Waals surface area contributed by atoms with Crippen LogP contribution in [-0.4, -0.2) is 36.9 Å². The third-order valence-corrected chi connectivity index (χ3v) is 4.47. The van der Waals surface area contributed by atoms with Gasteiger partial charge in [0.2, 0.25) is 0 Å². The van der Waals surface area contributed by atoms with E-state index in [-0.39, 0.29) is 24.5 Å². The lowest BCUT2D eigenvalue weighted by molar-refractivity contribution is -0.138. The fourth-order valence-corrected chi connectivity index (χ4v) is 2.75. The molecule has 158 valence electrons. The largest absolute Gasteiger partial charge is 0.462 e. The molecule has 2 aromatic carbocycles. The Morgan fingerprint density at radius 1 is 1.06 bits per heavy atom. The highest BCUT2D eigenvalue weighted by molar-refractivity contribution is 6.30. The zero-order valence-electron chi connectivity index (χ0n) is 17.4. The summed E-state index contributed by atoms with van der Waals surface area (Å²) in [6.07, 6.45) is 6.71. The summed E-state index contributed by atoms with van der Waals surface area (Å²) in [5.74, 6) is -0.702. The number of hydrogen-bond acceptors (Lipinski definition) is 5. The molecule has 0 unspecified atom stereocenters. The van der Waals surface area contributed by atoms with Gasteiger partial charge in [-0.2, -0.15) is 5.26 Å². The Hall–Kier alpha value is -3.62. The Kier molecular flexibility index (Phi) is 9.28. The van der Waals surface area contributed by atoms with Gasteiger partial charge >= 0.3 is 5.97 Å². The van der Waals surface area contributed by atoms with E-state index >= 15 is 0 Å². The first kappa shape index (κ1) is 23.7. The number of ketones is 1. The molecular formula is C25H23ClN2O3. The average Bonchev–Trinajstić information content (AvgIpc) is 2.77. The highest BCUT2D eigenvalue weighted by atomic mass is 35.5. The van der Waals surface area contributed by atoms with E-state index in [1.807, 2.05) is 42.5 Å². The highest BCUT2D eigenvalue weighted by Crippen LogP contribution is 2.17. The molecule has 0 saturated heterocycles. The number of esters is 1. The maximum absolute atomic E-state index is 12.4. The van der Waals surface area contributed by atoms with Crippen LogP contribution in [0.5, 0.6) is 0 Å². The van der Waals surface area contributed by atoms with Gasteiger partial charge < -0.3 is 9.64 Å². The van der Waals surface area contributed by atoms with Crippen molar-refractivity contribution in [2.45, 2.75) is 6.92 Å². The lowest BCUT2D eigenvalue weighted by Gasteiger charge is -2.13. The Bertz CT molecular complexity index is 1030. The zero-order valence-corrected chi connectivity index (χ0v) is 18.2. The summed E-state index contributed by atoms with van der Waals surface area (Å²) in [6, 6.07) is 18.1. The molecule has 5 nitrogen and oxygen atoms in total. The van der Waals surface area contributed by atoms with Gasteiger partial charge in [-0.3, -0.25) is 4.79 Å². The van der Waals surface area contributed by atoms with Crippen LogP contribution in [0.2, 0.25) is 5.02 Å². The van der Waals surface area contributed by atoms with Crippen molar-refractivity contribution in [3.05, 3.63) is 101 Å². The number of carbonyl (C=O) groups excluding carboxylic acids is 2. The molecule has 2 rings (SSSR count). The number of allylic oxidation sites excluding steroid dienone is 4. The Balaban J connectivity index is 2.22. The molecule has 0 aliphatic rings. The first-order chi connectivity index (χ1) is 14.9. The summed E-state index contributed by atoms with van der Waals surface area (Å²) < 4.78 is 4.89. The van der Waals surface area contributed by atoms with E-state index in [1.165, 1.54) is 6.08 Å². The second-order valence-corrected chi connectivity index (χ2v) is 7.00. The number of nitriles is 1. The van der Waals surface area contributed by atoms with E-state index in [2.05, 4.69) is 0 Å². The molecule has 6 heteroatoms. The SMILES string of the molecule is CCOC(=O)\C(C#N)=C/C=C(/C=C\N(C)CC(=O)c1ccc(Cl)cc1)c1ccccc1. The van der Waals surface area contributed by atoms with Crippen molar-refractivity contribution < 1.29 is 14.3 Å². The summed E-state index contributed by atoms with van der Waals surface area (Å²) >= 11 is 5.87. The minimum Gasteiger partial charge on any atom is -0.462 e. The van der Waals surface area contributed by atoms with E-state index in [4.69, 9.17) is 16.3 Å². The number of nitrogens with zero attached hydrogens (tertiary/aromatic N) is 2. The number of carbonyl (C=O) groups is 2. The number of halogens is 1. The molecule has 0 spiro atoms. The van der Waals surface area contributed by atoms with Crippen LogP contribution in [-0.2, 0) is 9.53 Å². The maximum atomic E-state index is 12.4. The Morgan fingerprint density at radius 3 is 2.35 bits per heavy atom. The van der Waals surface area contributed by atoms with E-state index in [1.54, 1.807) is 55.4 Å². The second kappa shape index (κ2) is 12.2. The van der Waals surface area contributed by atoms with Gasteiger partial charge in [0.05, 0.1) is 13.2 Å². The van der Waals surface area contributed by atoms with Gasteiger partial charge in [0.1, 0.15) is 11.6 Å². The van der Waals surface area contributed by atoms with Gasteiger partial charge in [-0.15, -0.1) is 0 Å².